The second-order valence-corrected chi connectivity index (χ2v) is 5.86. The Bertz CT molecular complexity index is 475. The van der Waals surface area contributed by atoms with Crippen LogP contribution in [0.4, 0.5) is 5.69 Å². The van der Waals surface area contributed by atoms with Crippen LogP contribution in [0.25, 0.3) is 0 Å². The highest BCUT2D eigenvalue weighted by molar-refractivity contribution is 5.98. The van der Waals surface area contributed by atoms with Gasteiger partial charge in [-0.15, -0.1) is 0 Å². The van der Waals surface area contributed by atoms with Crippen molar-refractivity contribution in [2.75, 3.05) is 37.6 Å². The molecule has 6 heteroatoms. The van der Waals surface area contributed by atoms with E-state index in [1.54, 1.807) is 6.20 Å². The topological polar surface area (TPSA) is 89.5 Å². The maximum atomic E-state index is 9.86. The maximum absolute atomic E-state index is 9.86. The molecule has 1 aliphatic rings. The molecular weight excluding hydrogens is 254 g/mol. The van der Waals surface area contributed by atoms with E-state index >= 15 is 0 Å². The smallest absolute Gasteiger partial charge is 0.143 e. The number of rotatable bonds is 4. The molecule has 0 bridgehead atoms. The number of pyridine rings is 1. The molecule has 1 fully saturated rings. The van der Waals surface area contributed by atoms with Gasteiger partial charge >= 0.3 is 0 Å². The number of hydrogen-bond acceptors (Lipinski definition) is 5. The molecule has 1 aliphatic heterocycles. The molecular formula is C14H23N5O. The Morgan fingerprint density at radius 3 is 2.60 bits per heavy atom. The number of aliphatic hydroxyl groups is 1. The lowest BCUT2D eigenvalue weighted by atomic mass is 10.1. The zero-order chi connectivity index (χ0) is 14.8. The van der Waals surface area contributed by atoms with Gasteiger partial charge in [0.25, 0.3) is 0 Å². The first kappa shape index (κ1) is 14.7. The lowest BCUT2D eigenvalue weighted by Crippen LogP contribution is -2.50. The van der Waals surface area contributed by atoms with Crippen molar-refractivity contribution in [3.8, 4) is 0 Å². The maximum Gasteiger partial charge on any atom is 0.143 e. The summed E-state index contributed by atoms with van der Waals surface area (Å²) >= 11 is 0. The van der Waals surface area contributed by atoms with E-state index in [1.165, 1.54) is 0 Å². The van der Waals surface area contributed by atoms with Crippen LogP contribution in [0.3, 0.4) is 0 Å². The molecule has 110 valence electrons. The van der Waals surface area contributed by atoms with Crippen LogP contribution in [0.5, 0.6) is 0 Å². The molecule has 1 aromatic rings. The highest BCUT2D eigenvalue weighted by Gasteiger charge is 2.24. The van der Waals surface area contributed by atoms with E-state index in [1.807, 2.05) is 26.0 Å². The molecule has 0 unspecified atom stereocenters. The summed E-state index contributed by atoms with van der Waals surface area (Å²) in [6.45, 7) is 7.80. The summed E-state index contributed by atoms with van der Waals surface area (Å²) in [6, 6.07) is 3.82. The number of nitrogens with zero attached hydrogens (tertiary/aromatic N) is 3. The van der Waals surface area contributed by atoms with E-state index in [-0.39, 0.29) is 5.84 Å². The number of hydrogen-bond donors (Lipinski definition) is 3. The largest absolute Gasteiger partial charge is 0.389 e. The number of piperazine rings is 1. The fourth-order valence-corrected chi connectivity index (χ4v) is 2.55. The molecule has 0 spiro atoms. The SMILES string of the molecule is CC(C)(O)CN1CCN(c2cccnc2C(=N)N)CC1. The van der Waals surface area contributed by atoms with Gasteiger partial charge < -0.3 is 15.7 Å². The van der Waals surface area contributed by atoms with Gasteiger partial charge in [0.1, 0.15) is 11.5 Å². The van der Waals surface area contributed by atoms with Gasteiger partial charge in [0.2, 0.25) is 0 Å². The first-order valence-corrected chi connectivity index (χ1v) is 6.86. The standard InChI is InChI=1S/C14H23N5O/c1-14(2,20)10-18-6-8-19(9-7-18)11-4-3-5-17-12(11)13(15)16/h3-5,20H,6-10H2,1-2H3,(H3,15,16). The van der Waals surface area contributed by atoms with E-state index < -0.39 is 5.60 Å². The van der Waals surface area contributed by atoms with Crippen molar-refractivity contribution >= 4 is 11.5 Å². The molecule has 20 heavy (non-hydrogen) atoms. The summed E-state index contributed by atoms with van der Waals surface area (Å²) in [4.78, 5) is 8.64. The Kier molecular flexibility index (Phi) is 4.25. The Balaban J connectivity index is 2.03. The summed E-state index contributed by atoms with van der Waals surface area (Å²) in [5, 5.41) is 17.5. The molecule has 1 aromatic heterocycles. The van der Waals surface area contributed by atoms with Crippen molar-refractivity contribution in [3.05, 3.63) is 24.0 Å². The number of amidine groups is 1. The quantitative estimate of drug-likeness (QED) is 0.542. The number of nitrogens with two attached hydrogens (primary N) is 1. The number of β-amino-alcohol motifs (C(OH)–C–C–N with tert-alkyl or cyclic N) is 1. The van der Waals surface area contributed by atoms with Crippen LogP contribution in [0, 0.1) is 5.41 Å². The predicted octanol–water partition coefficient (Wildman–Crippen LogP) is 0.259. The second-order valence-electron chi connectivity index (χ2n) is 5.86. The average molecular weight is 277 g/mol. The summed E-state index contributed by atoms with van der Waals surface area (Å²) in [6.07, 6.45) is 1.66. The van der Waals surface area contributed by atoms with Crippen LogP contribution in [0.15, 0.2) is 18.3 Å². The molecule has 0 aromatic carbocycles. The highest BCUT2D eigenvalue weighted by Crippen LogP contribution is 2.20. The van der Waals surface area contributed by atoms with Crippen molar-refractivity contribution in [2.24, 2.45) is 5.73 Å². The number of aromatic nitrogens is 1. The minimum absolute atomic E-state index is 0.000443. The summed E-state index contributed by atoms with van der Waals surface area (Å²) in [5.41, 5.74) is 6.38. The monoisotopic (exact) mass is 277 g/mol. The van der Waals surface area contributed by atoms with Gasteiger partial charge in [0.05, 0.1) is 11.3 Å². The van der Waals surface area contributed by atoms with E-state index in [0.29, 0.717) is 12.2 Å². The van der Waals surface area contributed by atoms with E-state index in [9.17, 15) is 5.11 Å². The van der Waals surface area contributed by atoms with E-state index in [4.69, 9.17) is 11.1 Å². The molecule has 0 aliphatic carbocycles. The van der Waals surface area contributed by atoms with Gasteiger partial charge in [-0.25, -0.2) is 0 Å². The molecule has 0 amide bonds. The van der Waals surface area contributed by atoms with Gasteiger partial charge in [0, 0.05) is 38.9 Å². The fourth-order valence-electron chi connectivity index (χ4n) is 2.55. The Hall–Kier alpha value is -1.66. The van der Waals surface area contributed by atoms with Crippen LogP contribution >= 0.6 is 0 Å². The summed E-state index contributed by atoms with van der Waals surface area (Å²) in [7, 11) is 0. The third-order valence-corrected chi connectivity index (χ3v) is 3.37. The fraction of sp³-hybridized carbons (Fsp3) is 0.571. The Labute approximate surface area is 119 Å². The van der Waals surface area contributed by atoms with Gasteiger partial charge in [-0.2, -0.15) is 0 Å². The van der Waals surface area contributed by atoms with Crippen LogP contribution in [-0.2, 0) is 0 Å². The second kappa shape index (κ2) is 5.76. The zero-order valence-corrected chi connectivity index (χ0v) is 12.1. The third-order valence-electron chi connectivity index (χ3n) is 3.37. The van der Waals surface area contributed by atoms with Crippen molar-refractivity contribution in [1.82, 2.24) is 9.88 Å². The number of nitrogens with one attached hydrogen (secondary N) is 1. The van der Waals surface area contributed by atoms with Crippen molar-refractivity contribution in [1.29, 1.82) is 5.41 Å². The highest BCUT2D eigenvalue weighted by atomic mass is 16.3. The van der Waals surface area contributed by atoms with Crippen molar-refractivity contribution < 1.29 is 5.11 Å². The first-order valence-electron chi connectivity index (χ1n) is 6.86. The predicted molar refractivity (Wildman–Crippen MR) is 80.2 cm³/mol. The van der Waals surface area contributed by atoms with Crippen molar-refractivity contribution in [3.63, 3.8) is 0 Å². The van der Waals surface area contributed by atoms with E-state index in [0.717, 1.165) is 31.9 Å². The Morgan fingerprint density at radius 2 is 2.05 bits per heavy atom. The minimum atomic E-state index is -0.666. The average Bonchev–Trinajstić information content (AvgIpc) is 2.38. The van der Waals surface area contributed by atoms with Gasteiger partial charge in [0.15, 0.2) is 0 Å². The van der Waals surface area contributed by atoms with Gasteiger partial charge in [-0.1, -0.05) is 0 Å². The number of anilines is 1. The van der Waals surface area contributed by atoms with Gasteiger partial charge in [-0.3, -0.25) is 15.3 Å². The minimum Gasteiger partial charge on any atom is -0.389 e. The normalized spacial score (nSPS) is 17.2. The van der Waals surface area contributed by atoms with Crippen LogP contribution < -0.4 is 10.6 Å². The molecule has 0 saturated carbocycles. The van der Waals surface area contributed by atoms with E-state index in [2.05, 4.69) is 14.8 Å². The first-order chi connectivity index (χ1) is 9.37. The molecule has 0 atom stereocenters. The summed E-state index contributed by atoms with van der Waals surface area (Å²) < 4.78 is 0. The molecule has 6 nitrogen and oxygen atoms in total. The van der Waals surface area contributed by atoms with Crippen LogP contribution in [-0.4, -0.2) is 59.2 Å². The lowest BCUT2D eigenvalue weighted by molar-refractivity contribution is 0.0345. The summed E-state index contributed by atoms with van der Waals surface area (Å²) in [5.74, 6) is -0.000443. The third kappa shape index (κ3) is 3.68. The Morgan fingerprint density at radius 1 is 1.40 bits per heavy atom. The van der Waals surface area contributed by atoms with Crippen LogP contribution in [0.1, 0.15) is 19.5 Å². The lowest BCUT2D eigenvalue weighted by Gasteiger charge is -2.38. The van der Waals surface area contributed by atoms with Crippen LogP contribution in [0.2, 0.25) is 0 Å². The molecule has 1 saturated heterocycles. The molecule has 4 N–H and O–H groups in total. The molecule has 2 heterocycles. The molecule has 2 rings (SSSR count). The van der Waals surface area contributed by atoms with Crippen molar-refractivity contribution in [2.45, 2.75) is 19.4 Å². The zero-order valence-electron chi connectivity index (χ0n) is 12.1. The number of nitrogen functional groups attached to an aromatic ring is 1. The molecule has 0 radical (unpaired) electrons. The van der Waals surface area contributed by atoms with Gasteiger partial charge in [-0.05, 0) is 26.0 Å².